The van der Waals surface area contributed by atoms with Crippen LogP contribution in [0.1, 0.15) is 53.4 Å². The van der Waals surface area contributed by atoms with Crippen molar-refractivity contribution in [2.45, 2.75) is 49.8 Å². The van der Waals surface area contributed by atoms with E-state index in [9.17, 15) is 24.3 Å². The van der Waals surface area contributed by atoms with E-state index in [0.29, 0.717) is 0 Å². The molecule has 6 rings (SSSR count). The van der Waals surface area contributed by atoms with E-state index < -0.39 is 67.3 Å². The zero-order valence-electron chi connectivity index (χ0n) is 30.9. The average molecular weight is 775 g/mol. The molecule has 294 valence electrons. The molecule has 0 unspecified atom stereocenters. The molecule has 0 radical (unpaired) electrons. The Hall–Kier alpha value is -6.18. The van der Waals surface area contributed by atoms with Crippen LogP contribution in [0.3, 0.4) is 0 Å². The summed E-state index contributed by atoms with van der Waals surface area (Å²) in [7, 11) is 0. The lowest BCUT2D eigenvalue weighted by Gasteiger charge is -2.45. The predicted molar refractivity (Wildman–Crippen MR) is 205 cm³/mol. The summed E-state index contributed by atoms with van der Waals surface area (Å²) in [6.45, 7) is -0.600. The maximum atomic E-state index is 13.9. The second-order valence-electron chi connectivity index (χ2n) is 13.0. The second-order valence-corrected chi connectivity index (χ2v) is 13.0. The van der Waals surface area contributed by atoms with Gasteiger partial charge in [0.25, 0.3) is 0 Å². The third kappa shape index (κ3) is 11.4. The van der Waals surface area contributed by atoms with Gasteiger partial charge in [-0.25, -0.2) is 19.2 Å². The third-order valence-electron chi connectivity index (χ3n) is 8.93. The quantitative estimate of drug-likeness (QED) is 0.0842. The van der Waals surface area contributed by atoms with Gasteiger partial charge in [-0.05, 0) is 60.5 Å². The molecule has 0 bridgehead atoms. The van der Waals surface area contributed by atoms with E-state index in [4.69, 9.17) is 33.2 Å². The second kappa shape index (κ2) is 20.7. The SMILES string of the molecule is O=C(OC[C@H]1O[C@@H](O[C@H](CCO)COCc2ccccc2)[C@H](OC(=O)c2ccccc2)[C@@H](OC(=O)c2ccccc2)[C@@H]1OC(=O)c1ccccc1)c1ccccc1. The van der Waals surface area contributed by atoms with Crippen molar-refractivity contribution in [3.8, 4) is 0 Å². The molecule has 1 aliphatic rings. The van der Waals surface area contributed by atoms with Crippen LogP contribution in [0, 0.1) is 0 Å². The third-order valence-corrected chi connectivity index (χ3v) is 8.93. The maximum Gasteiger partial charge on any atom is 0.338 e. The fourth-order valence-electron chi connectivity index (χ4n) is 6.04. The van der Waals surface area contributed by atoms with E-state index in [1.165, 1.54) is 36.4 Å². The lowest BCUT2D eigenvalue weighted by molar-refractivity contribution is -0.312. The molecule has 1 N–H and O–H groups in total. The predicted octanol–water partition coefficient (Wildman–Crippen LogP) is 6.23. The molecule has 1 aliphatic heterocycles. The Morgan fingerprint density at radius 3 is 1.44 bits per heavy atom. The van der Waals surface area contributed by atoms with Gasteiger partial charge in [-0.2, -0.15) is 0 Å². The number of benzene rings is 5. The lowest BCUT2D eigenvalue weighted by atomic mass is 9.97. The van der Waals surface area contributed by atoms with E-state index >= 15 is 0 Å². The Morgan fingerprint density at radius 2 is 0.965 bits per heavy atom. The summed E-state index contributed by atoms with van der Waals surface area (Å²) in [5, 5.41) is 10.0. The molecule has 0 spiro atoms. The van der Waals surface area contributed by atoms with Crippen LogP contribution >= 0.6 is 0 Å². The highest BCUT2D eigenvalue weighted by Gasteiger charge is 2.54. The van der Waals surface area contributed by atoms with Crippen molar-refractivity contribution >= 4 is 23.9 Å². The number of carbonyl (C=O) groups excluding carboxylic acids is 4. The molecule has 1 fully saturated rings. The van der Waals surface area contributed by atoms with Crippen molar-refractivity contribution in [3.05, 3.63) is 179 Å². The number of aliphatic hydroxyl groups is 1. The molecular weight excluding hydrogens is 732 g/mol. The summed E-state index contributed by atoms with van der Waals surface area (Å²) < 4.78 is 42.8. The Labute approximate surface area is 329 Å². The normalized spacial score (nSPS) is 19.4. The number of esters is 4. The number of rotatable bonds is 17. The van der Waals surface area contributed by atoms with Crippen molar-refractivity contribution < 1.29 is 57.4 Å². The zero-order chi connectivity index (χ0) is 39.8. The molecule has 6 atom stereocenters. The van der Waals surface area contributed by atoms with Crippen molar-refractivity contribution in [3.63, 3.8) is 0 Å². The summed E-state index contributed by atoms with van der Waals surface area (Å²) in [6, 6.07) is 42.0. The van der Waals surface area contributed by atoms with Gasteiger partial charge in [0.2, 0.25) is 0 Å². The Kier molecular flexibility index (Phi) is 14.7. The largest absolute Gasteiger partial charge is 0.459 e. The van der Waals surface area contributed by atoms with Gasteiger partial charge < -0.3 is 38.3 Å². The van der Waals surface area contributed by atoms with Gasteiger partial charge in [0.1, 0.15) is 12.7 Å². The van der Waals surface area contributed by atoms with Crippen LogP contribution in [-0.4, -0.2) is 85.6 Å². The maximum absolute atomic E-state index is 13.9. The summed E-state index contributed by atoms with van der Waals surface area (Å²) in [5.74, 6) is -3.17. The van der Waals surface area contributed by atoms with Crippen LogP contribution in [0.25, 0.3) is 0 Å². The molecule has 12 nitrogen and oxygen atoms in total. The number of hydrogen-bond acceptors (Lipinski definition) is 12. The monoisotopic (exact) mass is 774 g/mol. The van der Waals surface area contributed by atoms with Gasteiger partial charge in [-0.15, -0.1) is 0 Å². The zero-order valence-corrected chi connectivity index (χ0v) is 30.9. The standard InChI is InChI=1S/C45H42O12/c46-27-26-36(29-51-28-31-16-6-1-7-17-31)53-45-40(57-44(50)35-24-14-5-15-25-35)39(56-43(49)34-22-12-4-13-23-34)38(55-42(48)33-20-10-3-11-21-33)37(54-45)30-52-41(47)32-18-8-2-9-19-32/h1-25,36-40,45-46H,26-30H2/t36-,37-,38-,39+,40-,45-/m1/s1. The Balaban J connectivity index is 1.38. The molecule has 0 aliphatic carbocycles. The molecular formula is C45H42O12. The minimum atomic E-state index is -1.59. The van der Waals surface area contributed by atoms with E-state index in [-0.39, 0.29) is 48.5 Å². The topological polar surface area (TPSA) is 153 Å². The van der Waals surface area contributed by atoms with Crippen molar-refractivity contribution in [1.82, 2.24) is 0 Å². The van der Waals surface area contributed by atoms with Crippen LogP contribution in [0.5, 0.6) is 0 Å². The van der Waals surface area contributed by atoms with Crippen molar-refractivity contribution in [1.29, 1.82) is 0 Å². The van der Waals surface area contributed by atoms with E-state index in [0.717, 1.165) is 5.56 Å². The van der Waals surface area contributed by atoms with Gasteiger partial charge >= 0.3 is 23.9 Å². The molecule has 1 saturated heterocycles. The van der Waals surface area contributed by atoms with Gasteiger partial charge in [0, 0.05) is 6.61 Å². The molecule has 1 heterocycles. The van der Waals surface area contributed by atoms with Crippen molar-refractivity contribution in [2.24, 2.45) is 0 Å². The summed E-state index contributed by atoms with van der Waals surface area (Å²) in [5.41, 5.74) is 1.64. The molecule has 0 saturated carbocycles. The summed E-state index contributed by atoms with van der Waals surface area (Å²) in [4.78, 5) is 54.6. The van der Waals surface area contributed by atoms with Crippen LogP contribution in [-0.2, 0) is 39.8 Å². The lowest BCUT2D eigenvalue weighted by Crippen LogP contribution is -2.63. The first-order valence-corrected chi connectivity index (χ1v) is 18.4. The van der Waals surface area contributed by atoms with E-state index in [1.54, 1.807) is 84.9 Å². The molecule has 57 heavy (non-hydrogen) atoms. The van der Waals surface area contributed by atoms with E-state index in [2.05, 4.69) is 0 Å². The smallest absolute Gasteiger partial charge is 0.338 e. The highest BCUT2D eigenvalue weighted by atomic mass is 16.7. The van der Waals surface area contributed by atoms with Gasteiger partial charge in [-0.1, -0.05) is 103 Å². The van der Waals surface area contributed by atoms with Crippen LogP contribution < -0.4 is 0 Å². The molecule has 5 aromatic carbocycles. The number of carbonyl (C=O) groups is 4. The fraction of sp³-hybridized carbons (Fsp3) is 0.244. The van der Waals surface area contributed by atoms with E-state index in [1.807, 2.05) is 30.3 Å². The van der Waals surface area contributed by atoms with Crippen LogP contribution in [0.4, 0.5) is 0 Å². The first kappa shape index (κ1) is 40.5. The number of ether oxygens (including phenoxy) is 7. The minimum absolute atomic E-state index is 0.0246. The summed E-state index contributed by atoms with van der Waals surface area (Å²) >= 11 is 0. The minimum Gasteiger partial charge on any atom is -0.459 e. The molecule has 5 aromatic rings. The van der Waals surface area contributed by atoms with Gasteiger partial charge in [0.15, 0.2) is 24.6 Å². The average Bonchev–Trinajstić information content (AvgIpc) is 3.26. The number of hydrogen-bond donors (Lipinski definition) is 1. The van der Waals surface area contributed by atoms with Crippen molar-refractivity contribution in [2.75, 3.05) is 19.8 Å². The molecule has 0 amide bonds. The number of aliphatic hydroxyl groups excluding tert-OH is 1. The first-order chi connectivity index (χ1) is 27.9. The highest BCUT2D eigenvalue weighted by molar-refractivity contribution is 5.91. The van der Waals surface area contributed by atoms with Gasteiger partial charge in [0.05, 0.1) is 41.6 Å². The van der Waals surface area contributed by atoms with Gasteiger partial charge in [-0.3, -0.25) is 0 Å². The Morgan fingerprint density at radius 1 is 0.544 bits per heavy atom. The highest BCUT2D eigenvalue weighted by Crippen LogP contribution is 2.33. The van der Waals surface area contributed by atoms with Crippen LogP contribution in [0.15, 0.2) is 152 Å². The Bertz CT molecular complexity index is 2010. The fourth-order valence-corrected chi connectivity index (χ4v) is 6.04. The first-order valence-electron chi connectivity index (χ1n) is 18.4. The summed E-state index contributed by atoms with van der Waals surface area (Å²) in [6.07, 6.45) is -8.32. The molecule has 12 heteroatoms. The molecule has 0 aromatic heterocycles. The van der Waals surface area contributed by atoms with Crippen LogP contribution in [0.2, 0.25) is 0 Å².